The van der Waals surface area contributed by atoms with Crippen molar-refractivity contribution in [1.29, 1.82) is 0 Å². The quantitative estimate of drug-likeness (QED) is 0.624. The van der Waals surface area contributed by atoms with Crippen molar-refractivity contribution in [3.63, 3.8) is 0 Å². The zero-order chi connectivity index (χ0) is 21.8. The van der Waals surface area contributed by atoms with E-state index in [9.17, 15) is 4.79 Å². The minimum Gasteiger partial charge on any atom is -0.497 e. The SMILES string of the molecule is COc1ccc(OC)c(-c2cc(C(=O)N3CCC(Oc4ccc(Cl)cn4)CC3)[nH]n2)c1. The monoisotopic (exact) mass is 442 g/mol. The standard InChI is InChI=1S/C22H23ClN4O4/c1-29-16-4-5-20(30-2)17(11-16)18-12-19(26-25-18)22(28)27-9-7-15(8-10-27)31-21-6-3-14(23)13-24-21/h3-6,11-13,15H,7-10H2,1-2H3,(H,25,26). The average Bonchev–Trinajstić information content (AvgIpc) is 3.30. The second-order valence-corrected chi connectivity index (χ2v) is 7.59. The van der Waals surface area contributed by atoms with E-state index < -0.39 is 0 Å². The van der Waals surface area contributed by atoms with Crippen molar-refractivity contribution in [1.82, 2.24) is 20.1 Å². The van der Waals surface area contributed by atoms with Crippen molar-refractivity contribution < 1.29 is 19.0 Å². The van der Waals surface area contributed by atoms with E-state index in [2.05, 4.69) is 15.2 Å². The fourth-order valence-electron chi connectivity index (χ4n) is 3.53. The summed E-state index contributed by atoms with van der Waals surface area (Å²) < 4.78 is 16.6. The van der Waals surface area contributed by atoms with Gasteiger partial charge in [-0.1, -0.05) is 11.6 Å². The van der Waals surface area contributed by atoms with Crippen molar-refractivity contribution in [3.8, 4) is 28.6 Å². The van der Waals surface area contributed by atoms with E-state index in [0.29, 0.717) is 46.9 Å². The molecule has 1 amide bonds. The van der Waals surface area contributed by atoms with Gasteiger partial charge in [0.15, 0.2) is 0 Å². The minimum absolute atomic E-state index is 0.0103. The van der Waals surface area contributed by atoms with Crippen LogP contribution in [0.3, 0.4) is 0 Å². The Balaban J connectivity index is 1.40. The first kappa shape index (κ1) is 21.0. The third kappa shape index (κ3) is 4.74. The molecule has 1 fully saturated rings. The van der Waals surface area contributed by atoms with Crippen LogP contribution in [0.25, 0.3) is 11.3 Å². The molecule has 3 heterocycles. The molecule has 1 aliphatic heterocycles. The fourth-order valence-corrected chi connectivity index (χ4v) is 3.65. The number of aromatic amines is 1. The van der Waals surface area contributed by atoms with Crippen LogP contribution < -0.4 is 14.2 Å². The molecule has 9 heteroatoms. The van der Waals surface area contributed by atoms with Gasteiger partial charge in [-0.15, -0.1) is 0 Å². The largest absolute Gasteiger partial charge is 0.497 e. The highest BCUT2D eigenvalue weighted by Crippen LogP contribution is 2.32. The van der Waals surface area contributed by atoms with Crippen molar-refractivity contribution in [3.05, 3.63) is 53.3 Å². The maximum Gasteiger partial charge on any atom is 0.271 e. The van der Waals surface area contributed by atoms with Crippen LogP contribution in [0, 0.1) is 0 Å². The molecule has 1 saturated heterocycles. The highest BCUT2D eigenvalue weighted by molar-refractivity contribution is 6.30. The summed E-state index contributed by atoms with van der Waals surface area (Å²) in [6, 6.07) is 10.7. The minimum atomic E-state index is -0.0938. The molecule has 0 saturated carbocycles. The number of piperidine rings is 1. The lowest BCUT2D eigenvalue weighted by molar-refractivity contribution is 0.0582. The van der Waals surface area contributed by atoms with E-state index in [-0.39, 0.29) is 12.0 Å². The van der Waals surface area contributed by atoms with Gasteiger partial charge in [0.2, 0.25) is 5.88 Å². The normalized spacial score (nSPS) is 14.4. The Bertz CT molecular complexity index is 1050. The number of hydrogen-bond acceptors (Lipinski definition) is 6. The highest BCUT2D eigenvalue weighted by atomic mass is 35.5. The topological polar surface area (TPSA) is 89.6 Å². The van der Waals surface area contributed by atoms with Gasteiger partial charge in [-0.25, -0.2) is 4.98 Å². The first-order valence-corrected chi connectivity index (χ1v) is 10.3. The van der Waals surface area contributed by atoms with Gasteiger partial charge in [-0.2, -0.15) is 5.10 Å². The predicted octanol–water partition coefficient (Wildman–Crippen LogP) is 3.83. The summed E-state index contributed by atoms with van der Waals surface area (Å²) in [6.45, 7) is 1.18. The van der Waals surface area contributed by atoms with Gasteiger partial charge in [-0.3, -0.25) is 9.89 Å². The maximum atomic E-state index is 13.0. The number of benzene rings is 1. The number of carbonyl (C=O) groups is 1. The molecule has 1 aromatic carbocycles. The van der Waals surface area contributed by atoms with Crippen LogP contribution in [0.5, 0.6) is 17.4 Å². The average molecular weight is 443 g/mol. The number of aromatic nitrogens is 3. The molecule has 0 bridgehead atoms. The molecule has 4 rings (SSSR count). The zero-order valence-corrected chi connectivity index (χ0v) is 18.1. The van der Waals surface area contributed by atoms with Crippen molar-refractivity contribution in [2.24, 2.45) is 0 Å². The van der Waals surface area contributed by atoms with Crippen molar-refractivity contribution in [2.45, 2.75) is 18.9 Å². The summed E-state index contributed by atoms with van der Waals surface area (Å²) in [7, 11) is 3.19. The summed E-state index contributed by atoms with van der Waals surface area (Å²) in [5.41, 5.74) is 1.80. The van der Waals surface area contributed by atoms with Gasteiger partial charge < -0.3 is 19.1 Å². The van der Waals surface area contributed by atoms with Gasteiger partial charge in [0.1, 0.15) is 23.3 Å². The smallest absolute Gasteiger partial charge is 0.271 e. The van der Waals surface area contributed by atoms with Gasteiger partial charge in [0.05, 0.1) is 24.9 Å². The summed E-state index contributed by atoms with van der Waals surface area (Å²) in [6.07, 6.45) is 3.01. The van der Waals surface area contributed by atoms with Gasteiger partial charge >= 0.3 is 0 Å². The Kier molecular flexibility index (Phi) is 6.27. The number of likely N-dealkylation sites (tertiary alicyclic amines) is 1. The molecule has 8 nitrogen and oxygen atoms in total. The highest BCUT2D eigenvalue weighted by Gasteiger charge is 2.26. The van der Waals surface area contributed by atoms with E-state index in [4.69, 9.17) is 25.8 Å². The van der Waals surface area contributed by atoms with Crippen LogP contribution in [0.1, 0.15) is 23.3 Å². The third-order valence-corrected chi connectivity index (χ3v) is 5.43. The summed E-state index contributed by atoms with van der Waals surface area (Å²) >= 11 is 5.86. The van der Waals surface area contributed by atoms with E-state index in [1.54, 1.807) is 43.5 Å². The molecule has 0 atom stereocenters. The number of nitrogens with one attached hydrogen (secondary N) is 1. The van der Waals surface area contributed by atoms with E-state index >= 15 is 0 Å². The molecule has 31 heavy (non-hydrogen) atoms. The summed E-state index contributed by atoms with van der Waals surface area (Å²) in [4.78, 5) is 18.9. The first-order valence-electron chi connectivity index (χ1n) is 9.92. The number of rotatable bonds is 6. The van der Waals surface area contributed by atoms with Gasteiger partial charge in [-0.05, 0) is 30.3 Å². The van der Waals surface area contributed by atoms with E-state index in [1.807, 2.05) is 18.2 Å². The Labute approximate surface area is 185 Å². The number of methoxy groups -OCH3 is 2. The van der Waals surface area contributed by atoms with Crippen LogP contribution in [-0.2, 0) is 0 Å². The number of halogens is 1. The summed E-state index contributed by atoms with van der Waals surface area (Å²) in [5.74, 6) is 1.78. The van der Waals surface area contributed by atoms with Crippen LogP contribution in [0.4, 0.5) is 0 Å². The first-order chi connectivity index (χ1) is 15.1. The Morgan fingerprint density at radius 2 is 1.94 bits per heavy atom. The molecule has 0 radical (unpaired) electrons. The second-order valence-electron chi connectivity index (χ2n) is 7.16. The molecular weight excluding hydrogens is 420 g/mol. The summed E-state index contributed by atoms with van der Waals surface area (Å²) in [5, 5.41) is 7.74. The molecule has 2 aromatic heterocycles. The van der Waals surface area contributed by atoms with Crippen LogP contribution >= 0.6 is 11.6 Å². The molecule has 0 unspecified atom stereocenters. The third-order valence-electron chi connectivity index (χ3n) is 5.21. The number of nitrogens with zero attached hydrogens (tertiary/aromatic N) is 3. The lowest BCUT2D eigenvalue weighted by atomic mass is 10.1. The van der Waals surface area contributed by atoms with E-state index in [1.165, 1.54) is 0 Å². The zero-order valence-electron chi connectivity index (χ0n) is 17.3. The van der Waals surface area contributed by atoms with E-state index in [0.717, 1.165) is 18.4 Å². The number of pyridine rings is 1. The molecule has 1 N–H and O–H groups in total. The Hall–Kier alpha value is -3.26. The second kappa shape index (κ2) is 9.26. The molecule has 1 aliphatic rings. The number of hydrogen-bond donors (Lipinski definition) is 1. The van der Waals surface area contributed by atoms with Crippen molar-refractivity contribution >= 4 is 17.5 Å². The lowest BCUT2D eigenvalue weighted by Gasteiger charge is -2.31. The number of H-pyrrole nitrogens is 1. The molecule has 0 aliphatic carbocycles. The number of ether oxygens (including phenoxy) is 3. The molecule has 162 valence electrons. The predicted molar refractivity (Wildman–Crippen MR) is 116 cm³/mol. The van der Waals surface area contributed by atoms with Crippen molar-refractivity contribution in [2.75, 3.05) is 27.3 Å². The molecule has 3 aromatic rings. The molecule has 0 spiro atoms. The van der Waals surface area contributed by atoms with Crippen LogP contribution in [0.15, 0.2) is 42.6 Å². The van der Waals surface area contributed by atoms with Gasteiger partial charge in [0, 0.05) is 43.8 Å². The van der Waals surface area contributed by atoms with Crippen LogP contribution in [0.2, 0.25) is 5.02 Å². The Morgan fingerprint density at radius 1 is 1.13 bits per heavy atom. The number of carbonyl (C=O) groups excluding carboxylic acids is 1. The van der Waals surface area contributed by atoms with Gasteiger partial charge in [0.25, 0.3) is 5.91 Å². The lowest BCUT2D eigenvalue weighted by Crippen LogP contribution is -2.42. The number of amides is 1. The van der Waals surface area contributed by atoms with Crippen LogP contribution in [-0.4, -0.2) is 59.4 Å². The maximum absolute atomic E-state index is 13.0. The fraction of sp³-hybridized carbons (Fsp3) is 0.318. The Morgan fingerprint density at radius 3 is 2.61 bits per heavy atom. The molecular formula is C22H23ClN4O4.